The molecule has 4 heteroatoms. The van der Waals surface area contributed by atoms with Gasteiger partial charge in [-0.2, -0.15) is 0 Å². The summed E-state index contributed by atoms with van der Waals surface area (Å²) in [4.78, 5) is 13.4. The Morgan fingerprint density at radius 3 is 2.60 bits per heavy atom. The van der Waals surface area contributed by atoms with Crippen LogP contribution in [0.15, 0.2) is 0 Å². The summed E-state index contributed by atoms with van der Waals surface area (Å²) in [5, 5.41) is 11.4. The molecule has 0 bridgehead atoms. The van der Waals surface area contributed by atoms with Gasteiger partial charge >= 0.3 is 0 Å². The van der Waals surface area contributed by atoms with E-state index in [1.807, 2.05) is 7.05 Å². The molecule has 0 rings (SSSR count). The lowest BCUT2D eigenvalue weighted by Gasteiger charge is -2.20. The van der Waals surface area contributed by atoms with Crippen LogP contribution >= 0.6 is 0 Å². The van der Waals surface area contributed by atoms with E-state index in [0.717, 1.165) is 13.0 Å². The molecule has 1 amide bonds. The van der Waals surface area contributed by atoms with Crippen molar-refractivity contribution in [3.05, 3.63) is 0 Å². The van der Waals surface area contributed by atoms with E-state index in [1.54, 1.807) is 0 Å². The zero-order valence-electron chi connectivity index (χ0n) is 10.1. The first kappa shape index (κ1) is 14.4. The van der Waals surface area contributed by atoms with Gasteiger partial charge in [0.05, 0.1) is 0 Å². The molecule has 2 N–H and O–H groups in total. The van der Waals surface area contributed by atoms with Crippen molar-refractivity contribution < 1.29 is 9.90 Å². The lowest BCUT2D eigenvalue weighted by molar-refractivity contribution is -0.121. The van der Waals surface area contributed by atoms with Crippen LogP contribution in [0.2, 0.25) is 0 Å². The first-order valence-corrected chi connectivity index (χ1v) is 5.65. The van der Waals surface area contributed by atoms with Crippen molar-refractivity contribution in [1.82, 2.24) is 10.2 Å². The number of nitrogens with one attached hydrogen (secondary N) is 1. The van der Waals surface area contributed by atoms with E-state index in [9.17, 15) is 4.79 Å². The Kier molecular flexibility index (Phi) is 8.33. The van der Waals surface area contributed by atoms with Crippen LogP contribution in [-0.2, 0) is 4.79 Å². The Morgan fingerprint density at radius 1 is 1.40 bits per heavy atom. The summed E-state index contributed by atoms with van der Waals surface area (Å²) < 4.78 is 0. The van der Waals surface area contributed by atoms with Crippen molar-refractivity contribution in [1.29, 1.82) is 0 Å². The molecular weight excluding hydrogens is 192 g/mol. The van der Waals surface area contributed by atoms with Gasteiger partial charge in [0.1, 0.15) is 0 Å². The van der Waals surface area contributed by atoms with Gasteiger partial charge in [-0.1, -0.05) is 0 Å². The second-order valence-electron chi connectivity index (χ2n) is 4.11. The van der Waals surface area contributed by atoms with Crippen LogP contribution in [0.3, 0.4) is 0 Å². The number of rotatable bonds is 8. The largest absolute Gasteiger partial charge is 0.396 e. The summed E-state index contributed by atoms with van der Waals surface area (Å²) in [5.74, 6) is 0.0839. The van der Waals surface area contributed by atoms with Gasteiger partial charge in [0.2, 0.25) is 5.91 Å². The molecule has 0 aromatic heterocycles. The Bertz CT molecular complexity index is 172. The molecule has 0 aliphatic rings. The normalized spacial score (nSPS) is 11.1. The van der Waals surface area contributed by atoms with Crippen LogP contribution in [0.25, 0.3) is 0 Å². The second kappa shape index (κ2) is 8.68. The number of carbonyl (C=O) groups excluding carboxylic acids is 1. The monoisotopic (exact) mass is 216 g/mol. The van der Waals surface area contributed by atoms with Crippen molar-refractivity contribution in [2.45, 2.75) is 39.2 Å². The molecule has 0 aromatic rings. The summed E-state index contributed by atoms with van der Waals surface area (Å²) in [6.45, 7) is 6.01. The number of carbonyl (C=O) groups is 1. The van der Waals surface area contributed by atoms with E-state index < -0.39 is 0 Å². The third kappa shape index (κ3) is 8.39. The topological polar surface area (TPSA) is 52.6 Å². The molecule has 0 aromatic carbocycles. The standard InChI is InChI=1S/C11H24N2O2/c1-10(2)13(3)8-7-12-11(15)6-4-5-9-14/h10,14H,4-9H2,1-3H3,(H,12,15). The number of likely N-dealkylation sites (N-methyl/N-ethyl adjacent to an activating group) is 1. The molecule has 0 saturated heterocycles. The Hall–Kier alpha value is -0.610. The Morgan fingerprint density at radius 2 is 2.07 bits per heavy atom. The number of hydrogen-bond donors (Lipinski definition) is 2. The van der Waals surface area contributed by atoms with E-state index in [-0.39, 0.29) is 12.5 Å². The summed E-state index contributed by atoms with van der Waals surface area (Å²) in [7, 11) is 2.04. The molecule has 0 fully saturated rings. The van der Waals surface area contributed by atoms with Crippen LogP contribution < -0.4 is 5.32 Å². The average molecular weight is 216 g/mol. The Balaban J connectivity index is 3.38. The van der Waals surface area contributed by atoms with Crippen LogP contribution in [0.5, 0.6) is 0 Å². The van der Waals surface area contributed by atoms with Crippen molar-refractivity contribution >= 4 is 5.91 Å². The maximum Gasteiger partial charge on any atom is 0.220 e. The van der Waals surface area contributed by atoms with Crippen LogP contribution in [-0.4, -0.2) is 48.7 Å². The summed E-state index contributed by atoms with van der Waals surface area (Å²) in [6.07, 6.45) is 1.99. The zero-order chi connectivity index (χ0) is 11.7. The number of aliphatic hydroxyl groups excluding tert-OH is 1. The van der Waals surface area contributed by atoms with Gasteiger partial charge in [-0.3, -0.25) is 4.79 Å². The predicted octanol–water partition coefficient (Wildman–Crippen LogP) is 0.605. The van der Waals surface area contributed by atoms with Gasteiger partial charge < -0.3 is 15.3 Å². The van der Waals surface area contributed by atoms with E-state index >= 15 is 0 Å². The van der Waals surface area contributed by atoms with E-state index in [4.69, 9.17) is 5.11 Å². The molecule has 0 spiro atoms. The van der Waals surface area contributed by atoms with Gasteiger partial charge in [-0.05, 0) is 33.7 Å². The molecule has 0 aliphatic carbocycles. The minimum atomic E-state index is 0.0839. The van der Waals surface area contributed by atoms with Gasteiger partial charge in [0.15, 0.2) is 0 Å². The second-order valence-corrected chi connectivity index (χ2v) is 4.11. The lowest BCUT2D eigenvalue weighted by Crippen LogP contribution is -2.36. The third-order valence-corrected chi connectivity index (χ3v) is 2.48. The Labute approximate surface area is 92.7 Å². The minimum Gasteiger partial charge on any atom is -0.396 e. The lowest BCUT2D eigenvalue weighted by atomic mass is 10.2. The molecule has 0 atom stereocenters. The maximum absolute atomic E-state index is 11.3. The van der Waals surface area contributed by atoms with Gasteiger partial charge in [-0.15, -0.1) is 0 Å². The molecule has 0 saturated carbocycles. The highest BCUT2D eigenvalue weighted by Crippen LogP contribution is 1.94. The van der Waals surface area contributed by atoms with Crippen molar-refractivity contribution in [3.8, 4) is 0 Å². The summed E-state index contributed by atoms with van der Waals surface area (Å²) in [5.41, 5.74) is 0. The highest BCUT2D eigenvalue weighted by molar-refractivity contribution is 5.75. The van der Waals surface area contributed by atoms with Gasteiger partial charge in [-0.25, -0.2) is 0 Å². The van der Waals surface area contributed by atoms with Gasteiger partial charge in [0, 0.05) is 32.2 Å². The van der Waals surface area contributed by atoms with Crippen molar-refractivity contribution in [3.63, 3.8) is 0 Å². The fraction of sp³-hybridized carbons (Fsp3) is 0.909. The highest BCUT2D eigenvalue weighted by Gasteiger charge is 2.04. The first-order chi connectivity index (χ1) is 7.07. The van der Waals surface area contributed by atoms with Crippen LogP contribution in [0.1, 0.15) is 33.1 Å². The number of aliphatic hydroxyl groups is 1. The molecule has 0 unspecified atom stereocenters. The quantitative estimate of drug-likeness (QED) is 0.584. The number of nitrogens with zero attached hydrogens (tertiary/aromatic N) is 1. The molecular formula is C11H24N2O2. The molecule has 0 heterocycles. The molecule has 4 nitrogen and oxygen atoms in total. The maximum atomic E-state index is 11.3. The van der Waals surface area contributed by atoms with Crippen LogP contribution in [0, 0.1) is 0 Å². The van der Waals surface area contributed by atoms with Crippen molar-refractivity contribution in [2.75, 3.05) is 26.7 Å². The molecule has 0 aliphatic heterocycles. The van der Waals surface area contributed by atoms with E-state index in [1.165, 1.54) is 0 Å². The summed E-state index contributed by atoms with van der Waals surface area (Å²) in [6, 6.07) is 0.510. The number of amides is 1. The molecule has 15 heavy (non-hydrogen) atoms. The zero-order valence-corrected chi connectivity index (χ0v) is 10.1. The predicted molar refractivity (Wildman–Crippen MR) is 61.7 cm³/mol. The minimum absolute atomic E-state index is 0.0839. The van der Waals surface area contributed by atoms with E-state index in [2.05, 4.69) is 24.1 Å². The average Bonchev–Trinajstić information content (AvgIpc) is 2.18. The molecule has 90 valence electrons. The van der Waals surface area contributed by atoms with Crippen LogP contribution in [0.4, 0.5) is 0 Å². The van der Waals surface area contributed by atoms with E-state index in [0.29, 0.717) is 25.4 Å². The smallest absolute Gasteiger partial charge is 0.220 e. The first-order valence-electron chi connectivity index (χ1n) is 5.65. The fourth-order valence-corrected chi connectivity index (χ4v) is 1.12. The highest BCUT2D eigenvalue weighted by atomic mass is 16.2. The summed E-state index contributed by atoms with van der Waals surface area (Å²) >= 11 is 0. The number of hydrogen-bond acceptors (Lipinski definition) is 3. The fourth-order valence-electron chi connectivity index (χ4n) is 1.12. The number of unbranched alkanes of at least 4 members (excludes halogenated alkanes) is 1. The van der Waals surface area contributed by atoms with Gasteiger partial charge in [0.25, 0.3) is 0 Å². The molecule has 0 radical (unpaired) electrons. The third-order valence-electron chi connectivity index (χ3n) is 2.48. The van der Waals surface area contributed by atoms with Crippen molar-refractivity contribution in [2.24, 2.45) is 0 Å². The SMILES string of the molecule is CC(C)N(C)CCNC(=O)CCCCO.